The fraction of sp³-hybridized carbons (Fsp3) is 0.417. The summed E-state index contributed by atoms with van der Waals surface area (Å²) in [5.74, 6) is 6.44. The van der Waals surface area contributed by atoms with Crippen molar-refractivity contribution in [2.75, 3.05) is 19.6 Å². The minimum Gasteiger partial charge on any atom is -0.369 e. The molecule has 0 fully saturated rings. The standard InChI is InChI=1S/C24H31NO/c1-3-5-19-25(20-6-4-2)21-13-18-24(26,22-14-9-7-10-15-22)23-16-11-8-12-17-23/h7-12,14-17,26H,3-6,19-21H2,1-2H3. The zero-order valence-corrected chi connectivity index (χ0v) is 16.1. The highest BCUT2D eigenvalue weighted by Gasteiger charge is 2.28. The highest BCUT2D eigenvalue weighted by molar-refractivity contribution is 5.44. The van der Waals surface area contributed by atoms with Crippen LogP contribution in [-0.2, 0) is 5.60 Å². The number of aliphatic hydroxyl groups is 1. The van der Waals surface area contributed by atoms with Crippen molar-refractivity contribution in [1.82, 2.24) is 4.90 Å². The van der Waals surface area contributed by atoms with Gasteiger partial charge in [-0.3, -0.25) is 4.90 Å². The van der Waals surface area contributed by atoms with Crippen LogP contribution in [0.25, 0.3) is 0 Å². The number of benzene rings is 2. The van der Waals surface area contributed by atoms with E-state index in [1.807, 2.05) is 60.7 Å². The predicted molar refractivity (Wildman–Crippen MR) is 110 cm³/mol. The van der Waals surface area contributed by atoms with Gasteiger partial charge in [0, 0.05) is 11.1 Å². The average Bonchev–Trinajstić information content (AvgIpc) is 2.70. The second-order valence-electron chi connectivity index (χ2n) is 6.73. The van der Waals surface area contributed by atoms with Gasteiger partial charge in [0.25, 0.3) is 0 Å². The van der Waals surface area contributed by atoms with Gasteiger partial charge >= 0.3 is 0 Å². The number of rotatable bonds is 9. The Hall–Kier alpha value is -2.08. The second kappa shape index (κ2) is 10.8. The number of unbranched alkanes of at least 4 members (excludes halogenated alkanes) is 2. The lowest BCUT2D eigenvalue weighted by Gasteiger charge is -2.24. The minimum atomic E-state index is -1.27. The summed E-state index contributed by atoms with van der Waals surface area (Å²) >= 11 is 0. The van der Waals surface area contributed by atoms with E-state index >= 15 is 0 Å². The molecular weight excluding hydrogens is 318 g/mol. The third kappa shape index (κ3) is 5.73. The summed E-state index contributed by atoms with van der Waals surface area (Å²) < 4.78 is 0. The molecule has 2 aromatic carbocycles. The van der Waals surface area contributed by atoms with Crippen LogP contribution in [0.15, 0.2) is 60.7 Å². The van der Waals surface area contributed by atoms with Crippen molar-refractivity contribution >= 4 is 0 Å². The highest BCUT2D eigenvalue weighted by atomic mass is 16.3. The van der Waals surface area contributed by atoms with Gasteiger partial charge < -0.3 is 5.11 Å². The van der Waals surface area contributed by atoms with Crippen molar-refractivity contribution in [2.24, 2.45) is 0 Å². The lowest BCUT2D eigenvalue weighted by Crippen LogP contribution is -2.28. The molecule has 2 rings (SSSR count). The largest absolute Gasteiger partial charge is 0.369 e. The summed E-state index contributed by atoms with van der Waals surface area (Å²) in [7, 11) is 0. The van der Waals surface area contributed by atoms with Crippen molar-refractivity contribution in [2.45, 2.75) is 45.1 Å². The first-order chi connectivity index (χ1) is 12.7. The van der Waals surface area contributed by atoms with Gasteiger partial charge in [-0.1, -0.05) is 99.2 Å². The minimum absolute atomic E-state index is 0.696. The molecule has 1 N–H and O–H groups in total. The fourth-order valence-corrected chi connectivity index (χ4v) is 2.98. The SMILES string of the molecule is CCCCN(CC#CC(O)(c1ccccc1)c1ccccc1)CCCC. The van der Waals surface area contributed by atoms with E-state index in [1.165, 1.54) is 25.7 Å². The van der Waals surface area contributed by atoms with E-state index in [1.54, 1.807) is 0 Å². The zero-order chi connectivity index (χ0) is 18.7. The van der Waals surface area contributed by atoms with E-state index in [-0.39, 0.29) is 0 Å². The van der Waals surface area contributed by atoms with Crippen LogP contribution in [0, 0.1) is 11.8 Å². The van der Waals surface area contributed by atoms with Crippen LogP contribution in [0.5, 0.6) is 0 Å². The van der Waals surface area contributed by atoms with E-state index in [0.717, 1.165) is 24.2 Å². The Bertz CT molecular complexity index is 637. The van der Waals surface area contributed by atoms with Crippen molar-refractivity contribution in [3.63, 3.8) is 0 Å². The van der Waals surface area contributed by atoms with Crippen LogP contribution in [0.1, 0.15) is 50.7 Å². The molecule has 0 amide bonds. The highest BCUT2D eigenvalue weighted by Crippen LogP contribution is 2.28. The molecule has 0 aliphatic heterocycles. The first kappa shape index (κ1) is 20.2. The van der Waals surface area contributed by atoms with Gasteiger partial charge in [-0.05, 0) is 25.9 Å². The van der Waals surface area contributed by atoms with Crippen molar-refractivity contribution < 1.29 is 5.11 Å². The van der Waals surface area contributed by atoms with Gasteiger partial charge in [0.1, 0.15) is 0 Å². The Morgan fingerprint density at radius 2 is 1.27 bits per heavy atom. The third-order valence-corrected chi connectivity index (χ3v) is 4.61. The lowest BCUT2D eigenvalue weighted by molar-refractivity contribution is 0.145. The monoisotopic (exact) mass is 349 g/mol. The van der Waals surface area contributed by atoms with E-state index in [2.05, 4.69) is 30.6 Å². The molecule has 2 nitrogen and oxygen atoms in total. The van der Waals surface area contributed by atoms with Gasteiger partial charge in [0.2, 0.25) is 0 Å². The average molecular weight is 350 g/mol. The molecule has 2 aromatic rings. The van der Waals surface area contributed by atoms with Crippen LogP contribution in [-0.4, -0.2) is 29.6 Å². The molecule has 138 valence electrons. The Balaban J connectivity index is 2.24. The quantitative estimate of drug-likeness (QED) is 0.656. The van der Waals surface area contributed by atoms with Crippen LogP contribution in [0.3, 0.4) is 0 Å². The molecule has 0 heterocycles. The molecule has 2 heteroatoms. The molecule has 0 bridgehead atoms. The summed E-state index contributed by atoms with van der Waals surface area (Å²) in [5.41, 5.74) is 0.351. The maximum Gasteiger partial charge on any atom is 0.176 e. The summed E-state index contributed by atoms with van der Waals surface area (Å²) in [6.07, 6.45) is 4.75. The fourth-order valence-electron chi connectivity index (χ4n) is 2.98. The molecule has 0 spiro atoms. The molecule has 0 saturated heterocycles. The molecule has 0 saturated carbocycles. The van der Waals surface area contributed by atoms with E-state index in [0.29, 0.717) is 6.54 Å². The summed E-state index contributed by atoms with van der Waals surface area (Å²) in [6.45, 7) is 7.27. The van der Waals surface area contributed by atoms with Gasteiger partial charge in [-0.15, -0.1) is 0 Å². The summed E-state index contributed by atoms with van der Waals surface area (Å²) in [5, 5.41) is 11.4. The van der Waals surface area contributed by atoms with Crippen molar-refractivity contribution in [3.8, 4) is 11.8 Å². The third-order valence-electron chi connectivity index (χ3n) is 4.61. The van der Waals surface area contributed by atoms with Crippen LogP contribution < -0.4 is 0 Å². The molecular formula is C24H31NO. The maximum atomic E-state index is 11.4. The smallest absolute Gasteiger partial charge is 0.176 e. The molecule has 0 aliphatic rings. The van der Waals surface area contributed by atoms with Gasteiger partial charge in [0.05, 0.1) is 6.54 Å². The molecule has 26 heavy (non-hydrogen) atoms. The van der Waals surface area contributed by atoms with Crippen molar-refractivity contribution in [3.05, 3.63) is 71.8 Å². The Morgan fingerprint density at radius 1 is 0.808 bits per heavy atom. The van der Waals surface area contributed by atoms with Crippen LogP contribution in [0.4, 0.5) is 0 Å². The predicted octanol–water partition coefficient (Wildman–Crippen LogP) is 4.83. The number of nitrogens with zero attached hydrogens (tertiary/aromatic N) is 1. The van der Waals surface area contributed by atoms with E-state index in [9.17, 15) is 5.11 Å². The molecule has 0 atom stereocenters. The maximum absolute atomic E-state index is 11.4. The molecule has 0 aromatic heterocycles. The molecule has 0 aliphatic carbocycles. The summed E-state index contributed by atoms with van der Waals surface area (Å²) in [4.78, 5) is 2.40. The zero-order valence-electron chi connectivity index (χ0n) is 16.1. The first-order valence-electron chi connectivity index (χ1n) is 9.76. The van der Waals surface area contributed by atoms with Gasteiger partial charge in [-0.25, -0.2) is 0 Å². The van der Waals surface area contributed by atoms with Crippen LogP contribution >= 0.6 is 0 Å². The van der Waals surface area contributed by atoms with E-state index < -0.39 is 5.60 Å². The summed E-state index contributed by atoms with van der Waals surface area (Å²) in [6, 6.07) is 19.4. The number of hydrogen-bond donors (Lipinski definition) is 1. The Kier molecular flexibility index (Phi) is 8.41. The molecule has 0 unspecified atom stereocenters. The van der Waals surface area contributed by atoms with Crippen LogP contribution in [0.2, 0.25) is 0 Å². The lowest BCUT2D eigenvalue weighted by atomic mass is 9.87. The molecule has 0 radical (unpaired) electrons. The number of hydrogen-bond acceptors (Lipinski definition) is 2. The Labute approximate surface area is 158 Å². The first-order valence-corrected chi connectivity index (χ1v) is 9.76. The normalized spacial score (nSPS) is 11.2. The topological polar surface area (TPSA) is 23.5 Å². The van der Waals surface area contributed by atoms with Gasteiger partial charge in [-0.2, -0.15) is 0 Å². The Morgan fingerprint density at radius 3 is 1.69 bits per heavy atom. The second-order valence-corrected chi connectivity index (χ2v) is 6.73. The van der Waals surface area contributed by atoms with Gasteiger partial charge in [0.15, 0.2) is 5.60 Å². The van der Waals surface area contributed by atoms with Crippen molar-refractivity contribution in [1.29, 1.82) is 0 Å². The van der Waals surface area contributed by atoms with E-state index in [4.69, 9.17) is 0 Å².